The zero-order valence-electron chi connectivity index (χ0n) is 7.91. The topological polar surface area (TPSA) is 74.5 Å². The highest BCUT2D eigenvalue weighted by atomic mass is 15.6. The molecule has 0 radical (unpaired) electrons. The van der Waals surface area contributed by atoms with Gasteiger partial charge in [-0.15, -0.1) is 0 Å². The maximum Gasteiger partial charge on any atom is 0.213 e. The van der Waals surface area contributed by atoms with Crippen LogP contribution in [0, 0.1) is 6.92 Å². The van der Waals surface area contributed by atoms with Crippen molar-refractivity contribution >= 4 is 11.6 Å². The highest BCUT2D eigenvalue weighted by Gasteiger charge is 2.10. The monoisotopic (exact) mass is 191 g/mol. The Morgan fingerprint density at radius 1 is 1.36 bits per heavy atom. The van der Waals surface area contributed by atoms with Crippen molar-refractivity contribution in [2.45, 2.75) is 13.2 Å². The van der Waals surface area contributed by atoms with E-state index in [0.717, 1.165) is 5.69 Å². The molecule has 0 spiro atoms. The smallest absolute Gasteiger partial charge is 0.213 e. The summed E-state index contributed by atoms with van der Waals surface area (Å²) in [5, 5.41) is 3.09. The van der Waals surface area contributed by atoms with Crippen LogP contribution in [0.1, 0.15) is 5.56 Å². The van der Waals surface area contributed by atoms with E-state index in [1.807, 2.05) is 31.2 Å². The van der Waals surface area contributed by atoms with Gasteiger partial charge in [0.05, 0.1) is 0 Å². The zero-order chi connectivity index (χ0) is 9.97. The maximum absolute atomic E-state index is 5.50. The molecule has 5 N–H and O–H groups in total. The molecule has 0 saturated carbocycles. The standard InChI is InChI=1S/C9H13N5/c1-6-2-4-7(5-3-6)11-9-12-8(10)13-14-9/h2-5,8,13H,10H2,1H3,(H2,11,12,14). The lowest BCUT2D eigenvalue weighted by molar-refractivity contribution is 0.567. The molecule has 0 aromatic heterocycles. The Kier molecular flexibility index (Phi) is 2.34. The SMILES string of the molecule is Cc1ccc(NC2=NC(N)NN2)cc1. The number of rotatable bonds is 1. The van der Waals surface area contributed by atoms with Crippen LogP contribution in [0.15, 0.2) is 29.3 Å². The van der Waals surface area contributed by atoms with E-state index < -0.39 is 0 Å². The van der Waals surface area contributed by atoms with Crippen molar-refractivity contribution in [3.63, 3.8) is 0 Å². The molecule has 2 rings (SSSR count). The van der Waals surface area contributed by atoms with Gasteiger partial charge in [0.1, 0.15) is 0 Å². The van der Waals surface area contributed by atoms with Gasteiger partial charge in [0.15, 0.2) is 6.29 Å². The number of nitrogens with two attached hydrogens (primary N) is 1. The third-order valence-corrected chi connectivity index (χ3v) is 1.92. The second-order valence-electron chi connectivity index (χ2n) is 3.18. The fraction of sp³-hybridized carbons (Fsp3) is 0.222. The molecule has 1 aromatic carbocycles. The Labute approximate surface area is 82.4 Å². The normalized spacial score (nSPS) is 20.1. The molecule has 1 aliphatic heterocycles. The molecule has 74 valence electrons. The molecule has 0 fully saturated rings. The number of guanidine groups is 1. The number of aryl methyl sites for hydroxylation is 1. The largest absolute Gasteiger partial charge is 0.325 e. The summed E-state index contributed by atoms with van der Waals surface area (Å²) in [7, 11) is 0. The van der Waals surface area contributed by atoms with Crippen LogP contribution in [0.5, 0.6) is 0 Å². The average Bonchev–Trinajstić information content (AvgIpc) is 2.56. The molecule has 14 heavy (non-hydrogen) atoms. The van der Waals surface area contributed by atoms with Crippen LogP contribution >= 0.6 is 0 Å². The third-order valence-electron chi connectivity index (χ3n) is 1.92. The summed E-state index contributed by atoms with van der Waals surface area (Å²) in [6, 6.07) is 8.04. The van der Waals surface area contributed by atoms with Gasteiger partial charge in [0.25, 0.3) is 0 Å². The Morgan fingerprint density at radius 2 is 2.07 bits per heavy atom. The molecular formula is C9H13N5. The highest BCUT2D eigenvalue weighted by Crippen LogP contribution is 2.08. The minimum Gasteiger partial charge on any atom is -0.325 e. The summed E-state index contributed by atoms with van der Waals surface area (Å²) >= 11 is 0. The van der Waals surface area contributed by atoms with Crippen molar-refractivity contribution in [3.05, 3.63) is 29.8 Å². The number of hydrazine groups is 1. The minimum absolute atomic E-state index is 0.372. The van der Waals surface area contributed by atoms with E-state index in [2.05, 4.69) is 21.2 Å². The number of hydrogen-bond acceptors (Lipinski definition) is 5. The molecule has 0 saturated heterocycles. The summed E-state index contributed by atoms with van der Waals surface area (Å²) in [5.74, 6) is 0.640. The second kappa shape index (κ2) is 3.65. The van der Waals surface area contributed by atoms with Gasteiger partial charge in [-0.05, 0) is 19.1 Å². The van der Waals surface area contributed by atoms with Crippen molar-refractivity contribution in [2.24, 2.45) is 10.7 Å². The van der Waals surface area contributed by atoms with Crippen molar-refractivity contribution < 1.29 is 0 Å². The van der Waals surface area contributed by atoms with Crippen LogP contribution in [0.2, 0.25) is 0 Å². The van der Waals surface area contributed by atoms with Crippen molar-refractivity contribution in [1.82, 2.24) is 10.9 Å². The van der Waals surface area contributed by atoms with Crippen LogP contribution in [-0.2, 0) is 0 Å². The fourth-order valence-electron chi connectivity index (χ4n) is 1.18. The highest BCUT2D eigenvalue weighted by molar-refractivity contribution is 5.94. The number of benzene rings is 1. The lowest BCUT2D eigenvalue weighted by Gasteiger charge is -2.05. The summed E-state index contributed by atoms with van der Waals surface area (Å²) in [6.07, 6.45) is -0.372. The molecule has 0 amide bonds. The maximum atomic E-state index is 5.50. The number of nitrogens with one attached hydrogen (secondary N) is 3. The van der Waals surface area contributed by atoms with E-state index in [-0.39, 0.29) is 6.29 Å². The Morgan fingerprint density at radius 3 is 2.64 bits per heavy atom. The van der Waals surface area contributed by atoms with Gasteiger partial charge >= 0.3 is 0 Å². The molecule has 0 aliphatic carbocycles. The van der Waals surface area contributed by atoms with Gasteiger partial charge in [0, 0.05) is 5.69 Å². The first-order valence-corrected chi connectivity index (χ1v) is 4.43. The molecule has 5 nitrogen and oxygen atoms in total. The third kappa shape index (κ3) is 2.01. The van der Waals surface area contributed by atoms with E-state index in [4.69, 9.17) is 5.73 Å². The predicted octanol–water partition coefficient (Wildman–Crippen LogP) is 0.113. The first-order chi connectivity index (χ1) is 6.74. The zero-order valence-corrected chi connectivity index (χ0v) is 7.91. The first kappa shape index (κ1) is 8.98. The number of anilines is 1. The fourth-order valence-corrected chi connectivity index (χ4v) is 1.18. The van der Waals surface area contributed by atoms with E-state index in [1.165, 1.54) is 5.56 Å². The summed E-state index contributed by atoms with van der Waals surface area (Å²) in [6.45, 7) is 2.05. The van der Waals surface area contributed by atoms with Crippen LogP contribution in [0.3, 0.4) is 0 Å². The van der Waals surface area contributed by atoms with E-state index >= 15 is 0 Å². The lowest BCUT2D eigenvalue weighted by Crippen LogP contribution is -2.41. The second-order valence-corrected chi connectivity index (χ2v) is 3.18. The summed E-state index contributed by atoms with van der Waals surface area (Å²) < 4.78 is 0. The average molecular weight is 191 g/mol. The van der Waals surface area contributed by atoms with Gasteiger partial charge in [-0.25, -0.2) is 4.99 Å². The summed E-state index contributed by atoms with van der Waals surface area (Å²) in [5.41, 5.74) is 13.3. The molecule has 1 heterocycles. The van der Waals surface area contributed by atoms with Crippen LogP contribution in [0.25, 0.3) is 0 Å². The molecule has 1 unspecified atom stereocenters. The van der Waals surface area contributed by atoms with Crippen LogP contribution in [0.4, 0.5) is 5.69 Å². The van der Waals surface area contributed by atoms with Crippen LogP contribution < -0.4 is 21.9 Å². The van der Waals surface area contributed by atoms with E-state index in [0.29, 0.717) is 5.96 Å². The van der Waals surface area contributed by atoms with E-state index in [1.54, 1.807) is 0 Å². The van der Waals surface area contributed by atoms with Gasteiger partial charge in [0.2, 0.25) is 5.96 Å². The van der Waals surface area contributed by atoms with Gasteiger partial charge < -0.3 is 5.32 Å². The van der Waals surface area contributed by atoms with Gasteiger partial charge in [-0.2, -0.15) is 5.43 Å². The lowest BCUT2D eigenvalue weighted by atomic mass is 10.2. The molecular weight excluding hydrogens is 178 g/mol. The Bertz CT molecular complexity index is 343. The molecule has 1 aromatic rings. The number of hydrogen-bond donors (Lipinski definition) is 4. The predicted molar refractivity (Wildman–Crippen MR) is 56.5 cm³/mol. The quantitative estimate of drug-likeness (QED) is 0.508. The van der Waals surface area contributed by atoms with Gasteiger partial charge in [-0.3, -0.25) is 11.2 Å². The van der Waals surface area contributed by atoms with Crippen molar-refractivity contribution in [3.8, 4) is 0 Å². The first-order valence-electron chi connectivity index (χ1n) is 4.43. The van der Waals surface area contributed by atoms with Crippen LogP contribution in [-0.4, -0.2) is 12.2 Å². The number of nitrogens with zero attached hydrogens (tertiary/aromatic N) is 1. The minimum atomic E-state index is -0.372. The van der Waals surface area contributed by atoms with E-state index in [9.17, 15) is 0 Å². The number of aliphatic imine (C=N–C) groups is 1. The molecule has 5 heteroatoms. The van der Waals surface area contributed by atoms with Crippen molar-refractivity contribution in [2.75, 3.05) is 5.32 Å². The Hall–Kier alpha value is -1.59. The van der Waals surface area contributed by atoms with Gasteiger partial charge in [-0.1, -0.05) is 17.7 Å². The van der Waals surface area contributed by atoms with Crippen molar-refractivity contribution in [1.29, 1.82) is 0 Å². The molecule has 1 atom stereocenters. The summed E-state index contributed by atoms with van der Waals surface area (Å²) in [4.78, 5) is 4.07. The molecule has 1 aliphatic rings. The Balaban J connectivity index is 2.04. The molecule has 0 bridgehead atoms.